The Hall–Kier alpha value is -0.790. The minimum atomic E-state index is -0.188. The van der Waals surface area contributed by atoms with E-state index in [2.05, 4.69) is 6.58 Å². The number of hydrogen-bond donors (Lipinski definition) is 0. The molecule has 0 saturated heterocycles. The molecule has 0 aromatic heterocycles. The maximum Gasteiger partial charge on any atom is 0.306 e. The molecule has 0 fully saturated rings. The van der Waals surface area contributed by atoms with Crippen molar-refractivity contribution >= 4 is 5.97 Å². The molecule has 0 heterocycles. The van der Waals surface area contributed by atoms with Gasteiger partial charge in [-0.15, -0.1) is 0 Å². The van der Waals surface area contributed by atoms with E-state index in [1.807, 2.05) is 27.7 Å². The maximum absolute atomic E-state index is 11.2. The van der Waals surface area contributed by atoms with Gasteiger partial charge >= 0.3 is 5.97 Å². The molecular weight excluding hydrogens is 164 g/mol. The van der Waals surface area contributed by atoms with E-state index in [-0.39, 0.29) is 17.5 Å². The molecule has 0 aromatic carbocycles. The van der Waals surface area contributed by atoms with E-state index in [4.69, 9.17) is 4.74 Å². The van der Waals surface area contributed by atoms with Crippen LogP contribution in [0.4, 0.5) is 0 Å². The predicted octanol–water partition coefficient (Wildman–Crippen LogP) is 2.93. The molecule has 2 heteroatoms. The molecule has 0 N–H and O–H groups in total. The average Bonchev–Trinajstić information content (AvgIpc) is 1.98. The second kappa shape index (κ2) is 5.05. The summed E-state index contributed by atoms with van der Waals surface area (Å²) in [6.07, 6.45) is 2.81. The first kappa shape index (κ1) is 12.2. The van der Waals surface area contributed by atoms with Gasteiger partial charge in [0.05, 0.1) is 0 Å². The number of carbonyl (C=O) groups is 1. The lowest BCUT2D eigenvalue weighted by Crippen LogP contribution is -2.29. The zero-order chi connectivity index (χ0) is 10.5. The third-order valence-electron chi connectivity index (χ3n) is 1.78. The molecule has 0 spiro atoms. The van der Waals surface area contributed by atoms with Crippen molar-refractivity contribution in [2.45, 2.75) is 46.6 Å². The molecule has 76 valence electrons. The van der Waals surface area contributed by atoms with Crippen LogP contribution in [0.25, 0.3) is 0 Å². The summed E-state index contributed by atoms with van der Waals surface area (Å²) in [6, 6.07) is 0. The second-order valence-electron chi connectivity index (χ2n) is 4.26. The maximum atomic E-state index is 11.2. The van der Waals surface area contributed by atoms with Crippen molar-refractivity contribution in [3.05, 3.63) is 12.7 Å². The molecule has 13 heavy (non-hydrogen) atoms. The van der Waals surface area contributed by atoms with E-state index >= 15 is 0 Å². The molecule has 0 radical (unpaired) electrons. The Balaban J connectivity index is 4.14. The van der Waals surface area contributed by atoms with Crippen molar-refractivity contribution in [1.29, 1.82) is 0 Å². The van der Waals surface area contributed by atoms with Gasteiger partial charge in [0.1, 0.15) is 6.10 Å². The summed E-state index contributed by atoms with van der Waals surface area (Å²) < 4.78 is 5.25. The van der Waals surface area contributed by atoms with Crippen LogP contribution in [-0.2, 0) is 9.53 Å². The molecule has 0 aliphatic rings. The summed E-state index contributed by atoms with van der Waals surface area (Å²) in [6.45, 7) is 11.7. The van der Waals surface area contributed by atoms with Crippen molar-refractivity contribution in [3.63, 3.8) is 0 Å². The van der Waals surface area contributed by atoms with Crippen molar-refractivity contribution in [2.75, 3.05) is 0 Å². The van der Waals surface area contributed by atoms with E-state index in [0.29, 0.717) is 6.42 Å². The van der Waals surface area contributed by atoms with Gasteiger partial charge in [-0.3, -0.25) is 4.79 Å². The molecule has 0 unspecified atom stereocenters. The Morgan fingerprint density at radius 3 is 2.38 bits per heavy atom. The molecule has 1 atom stereocenters. The zero-order valence-corrected chi connectivity index (χ0v) is 9.09. The van der Waals surface area contributed by atoms with Crippen LogP contribution in [0, 0.1) is 5.41 Å². The molecule has 0 saturated carbocycles. The van der Waals surface area contributed by atoms with Crippen molar-refractivity contribution in [2.24, 2.45) is 5.41 Å². The van der Waals surface area contributed by atoms with Gasteiger partial charge in [0.2, 0.25) is 0 Å². The molecule has 0 aliphatic heterocycles. The van der Waals surface area contributed by atoms with E-state index in [0.717, 1.165) is 6.42 Å². The summed E-state index contributed by atoms with van der Waals surface area (Å²) in [7, 11) is 0. The third kappa shape index (κ3) is 4.71. The van der Waals surface area contributed by atoms with Gasteiger partial charge < -0.3 is 4.74 Å². The predicted molar refractivity (Wildman–Crippen MR) is 54.4 cm³/mol. The average molecular weight is 184 g/mol. The van der Waals surface area contributed by atoms with Gasteiger partial charge in [0, 0.05) is 11.8 Å². The molecule has 0 aromatic rings. The van der Waals surface area contributed by atoms with Crippen LogP contribution in [0.15, 0.2) is 12.7 Å². The largest absolute Gasteiger partial charge is 0.458 e. The first-order valence-electron chi connectivity index (χ1n) is 4.73. The van der Waals surface area contributed by atoms with Gasteiger partial charge in [-0.25, -0.2) is 0 Å². The number of rotatable bonds is 4. The van der Waals surface area contributed by atoms with Crippen LogP contribution in [0.5, 0.6) is 0 Å². The SMILES string of the molecule is C=C[C@@H](OC(=O)CCC)C(C)(C)C. The van der Waals surface area contributed by atoms with Gasteiger partial charge in [-0.2, -0.15) is 0 Å². The number of carbonyl (C=O) groups excluding carboxylic acids is 1. The van der Waals surface area contributed by atoms with E-state index in [9.17, 15) is 4.79 Å². The fourth-order valence-electron chi connectivity index (χ4n) is 0.983. The number of esters is 1. The number of hydrogen-bond acceptors (Lipinski definition) is 2. The summed E-state index contributed by atoms with van der Waals surface area (Å²) in [5.41, 5.74) is -0.0643. The highest BCUT2D eigenvalue weighted by Gasteiger charge is 2.24. The second-order valence-corrected chi connectivity index (χ2v) is 4.26. The topological polar surface area (TPSA) is 26.3 Å². The molecule has 2 nitrogen and oxygen atoms in total. The summed E-state index contributed by atoms with van der Waals surface area (Å²) >= 11 is 0. The van der Waals surface area contributed by atoms with Crippen LogP contribution in [-0.4, -0.2) is 12.1 Å². The minimum Gasteiger partial charge on any atom is -0.458 e. The Bertz CT molecular complexity index is 177. The Kier molecular flexibility index (Phi) is 4.74. The van der Waals surface area contributed by atoms with E-state index < -0.39 is 0 Å². The highest BCUT2D eigenvalue weighted by molar-refractivity contribution is 5.69. The van der Waals surface area contributed by atoms with E-state index in [1.165, 1.54) is 0 Å². The monoisotopic (exact) mass is 184 g/mol. The first-order valence-corrected chi connectivity index (χ1v) is 4.73. The Morgan fingerprint density at radius 1 is 1.54 bits per heavy atom. The lowest BCUT2D eigenvalue weighted by molar-refractivity contribution is -0.151. The standard InChI is InChI=1S/C11H20O2/c1-6-8-10(12)13-9(7-2)11(3,4)5/h7,9H,2,6,8H2,1,3-5H3/t9-/m1/s1. The van der Waals surface area contributed by atoms with Crippen LogP contribution in [0.2, 0.25) is 0 Å². The van der Waals surface area contributed by atoms with Crippen LogP contribution >= 0.6 is 0 Å². The van der Waals surface area contributed by atoms with Crippen LogP contribution in [0.1, 0.15) is 40.5 Å². The Morgan fingerprint density at radius 2 is 2.08 bits per heavy atom. The molecule has 0 rings (SSSR count). The summed E-state index contributed by atoms with van der Waals surface area (Å²) in [5.74, 6) is -0.137. The molecular formula is C11H20O2. The lowest BCUT2D eigenvalue weighted by atomic mass is 9.89. The fourth-order valence-corrected chi connectivity index (χ4v) is 0.983. The number of ether oxygens (including phenoxy) is 1. The smallest absolute Gasteiger partial charge is 0.306 e. The quantitative estimate of drug-likeness (QED) is 0.496. The molecule has 0 amide bonds. The van der Waals surface area contributed by atoms with Crippen molar-refractivity contribution < 1.29 is 9.53 Å². The van der Waals surface area contributed by atoms with Crippen molar-refractivity contribution in [1.82, 2.24) is 0 Å². The van der Waals surface area contributed by atoms with Gasteiger partial charge in [0.15, 0.2) is 0 Å². The van der Waals surface area contributed by atoms with E-state index in [1.54, 1.807) is 6.08 Å². The third-order valence-corrected chi connectivity index (χ3v) is 1.78. The summed E-state index contributed by atoms with van der Waals surface area (Å²) in [4.78, 5) is 11.2. The van der Waals surface area contributed by atoms with Crippen LogP contribution in [0.3, 0.4) is 0 Å². The molecule has 0 bridgehead atoms. The zero-order valence-electron chi connectivity index (χ0n) is 9.09. The highest BCUT2D eigenvalue weighted by Crippen LogP contribution is 2.23. The fraction of sp³-hybridized carbons (Fsp3) is 0.727. The Labute approximate surface area is 81.0 Å². The van der Waals surface area contributed by atoms with Gasteiger partial charge in [-0.1, -0.05) is 40.3 Å². The lowest BCUT2D eigenvalue weighted by Gasteiger charge is -2.27. The highest BCUT2D eigenvalue weighted by atomic mass is 16.5. The minimum absolute atomic E-state index is 0.0643. The van der Waals surface area contributed by atoms with Gasteiger partial charge in [0.25, 0.3) is 0 Å². The summed E-state index contributed by atoms with van der Waals surface area (Å²) in [5, 5.41) is 0. The first-order chi connectivity index (χ1) is 5.91. The van der Waals surface area contributed by atoms with Gasteiger partial charge in [-0.05, 0) is 6.42 Å². The van der Waals surface area contributed by atoms with Crippen molar-refractivity contribution in [3.8, 4) is 0 Å². The molecule has 0 aliphatic carbocycles. The van der Waals surface area contributed by atoms with Crippen LogP contribution < -0.4 is 0 Å². The normalized spacial score (nSPS) is 13.5.